The first-order valence-electron chi connectivity index (χ1n) is 12.2. The molecule has 3 heterocycles. The molecule has 1 aliphatic rings. The van der Waals surface area contributed by atoms with Crippen molar-refractivity contribution in [3.63, 3.8) is 0 Å². The molecule has 1 amide bonds. The van der Waals surface area contributed by atoms with E-state index in [1.807, 2.05) is 32.6 Å². The van der Waals surface area contributed by atoms with Gasteiger partial charge in [-0.05, 0) is 37.6 Å². The topological polar surface area (TPSA) is 67.2 Å². The number of carbonyl (C=O) groups excluding carboxylic acids is 1. The minimum absolute atomic E-state index is 0.178. The van der Waals surface area contributed by atoms with Crippen molar-refractivity contribution in [1.82, 2.24) is 24.6 Å². The molecule has 0 radical (unpaired) electrons. The van der Waals surface area contributed by atoms with Crippen LogP contribution in [-0.4, -0.2) is 56.7 Å². The molecule has 0 aliphatic carbocycles. The number of aromatic nitrogens is 4. The molecule has 2 aromatic heterocycles. The number of aryl methyl sites for hydroxylation is 1. The molecular formula is C26H35FN6O. The van der Waals surface area contributed by atoms with E-state index in [2.05, 4.69) is 18.7 Å². The Morgan fingerprint density at radius 1 is 1.09 bits per heavy atom. The molecule has 34 heavy (non-hydrogen) atoms. The lowest BCUT2D eigenvalue weighted by molar-refractivity contribution is -0.139. The molecule has 0 N–H and O–H groups in total. The van der Waals surface area contributed by atoms with Crippen molar-refractivity contribution in [2.24, 2.45) is 5.41 Å². The summed E-state index contributed by atoms with van der Waals surface area (Å²) in [4.78, 5) is 27.0. The van der Waals surface area contributed by atoms with Crippen molar-refractivity contribution in [3.05, 3.63) is 41.6 Å². The second kappa shape index (κ2) is 9.31. The van der Waals surface area contributed by atoms with Gasteiger partial charge >= 0.3 is 0 Å². The average molecular weight is 467 g/mol. The fourth-order valence-electron chi connectivity index (χ4n) is 4.55. The van der Waals surface area contributed by atoms with Gasteiger partial charge in [-0.3, -0.25) is 4.79 Å². The SMILES string of the molecule is CCC[C@@H](C)c1nc(N2CCN(C(=O)C(C)(C)C)CC2)c2c(C)nn(-c3ccc(F)cc3)c2n1. The summed E-state index contributed by atoms with van der Waals surface area (Å²) < 4.78 is 15.3. The summed E-state index contributed by atoms with van der Waals surface area (Å²) in [7, 11) is 0. The number of benzene rings is 1. The summed E-state index contributed by atoms with van der Waals surface area (Å²) in [6.45, 7) is 14.9. The quantitative estimate of drug-likeness (QED) is 0.537. The predicted octanol–water partition coefficient (Wildman–Crippen LogP) is 4.86. The van der Waals surface area contributed by atoms with E-state index in [0.29, 0.717) is 26.2 Å². The molecule has 1 saturated heterocycles. The van der Waals surface area contributed by atoms with E-state index in [-0.39, 0.29) is 23.1 Å². The van der Waals surface area contributed by atoms with Crippen LogP contribution in [-0.2, 0) is 4.79 Å². The summed E-state index contributed by atoms with van der Waals surface area (Å²) in [5.74, 6) is 1.76. The lowest BCUT2D eigenvalue weighted by Gasteiger charge is -2.38. The molecule has 8 heteroatoms. The van der Waals surface area contributed by atoms with E-state index in [0.717, 1.165) is 46.9 Å². The van der Waals surface area contributed by atoms with Crippen LogP contribution < -0.4 is 4.90 Å². The minimum Gasteiger partial charge on any atom is -0.352 e. The summed E-state index contributed by atoms with van der Waals surface area (Å²) in [6.07, 6.45) is 2.03. The Morgan fingerprint density at radius 3 is 2.32 bits per heavy atom. The highest BCUT2D eigenvalue weighted by Crippen LogP contribution is 2.32. The zero-order valence-corrected chi connectivity index (χ0v) is 21.1. The average Bonchev–Trinajstić information content (AvgIpc) is 3.14. The number of piperazine rings is 1. The summed E-state index contributed by atoms with van der Waals surface area (Å²) in [5, 5.41) is 5.68. The molecule has 182 valence electrons. The molecule has 1 aliphatic heterocycles. The van der Waals surface area contributed by atoms with Crippen LogP contribution in [0.4, 0.5) is 10.2 Å². The molecule has 0 bridgehead atoms. The molecule has 0 saturated carbocycles. The van der Waals surface area contributed by atoms with Gasteiger partial charge in [0.05, 0.1) is 16.8 Å². The van der Waals surface area contributed by atoms with Gasteiger partial charge in [-0.1, -0.05) is 41.0 Å². The van der Waals surface area contributed by atoms with E-state index < -0.39 is 0 Å². The molecule has 1 atom stereocenters. The Hall–Kier alpha value is -3.03. The Balaban J connectivity index is 1.77. The van der Waals surface area contributed by atoms with E-state index in [1.165, 1.54) is 12.1 Å². The fourth-order valence-corrected chi connectivity index (χ4v) is 4.55. The number of nitrogens with zero attached hydrogens (tertiary/aromatic N) is 6. The summed E-state index contributed by atoms with van der Waals surface area (Å²) in [5.41, 5.74) is 1.94. The second-order valence-electron chi connectivity index (χ2n) is 10.3. The van der Waals surface area contributed by atoms with Gasteiger partial charge < -0.3 is 9.80 Å². The van der Waals surface area contributed by atoms with E-state index in [9.17, 15) is 9.18 Å². The first kappa shape index (κ1) is 24.1. The van der Waals surface area contributed by atoms with Gasteiger partial charge in [0.15, 0.2) is 5.65 Å². The highest BCUT2D eigenvalue weighted by molar-refractivity contribution is 5.91. The molecular weight excluding hydrogens is 431 g/mol. The second-order valence-corrected chi connectivity index (χ2v) is 10.3. The number of carbonyl (C=O) groups is 1. The molecule has 1 fully saturated rings. The molecule has 3 aromatic rings. The van der Waals surface area contributed by atoms with Gasteiger partial charge in [0.25, 0.3) is 0 Å². The lowest BCUT2D eigenvalue weighted by Crippen LogP contribution is -2.52. The Kier molecular flexibility index (Phi) is 6.60. The maximum absolute atomic E-state index is 13.6. The van der Waals surface area contributed by atoms with Gasteiger partial charge in [-0.2, -0.15) is 5.10 Å². The first-order chi connectivity index (χ1) is 16.1. The van der Waals surface area contributed by atoms with Crippen molar-refractivity contribution in [2.45, 2.75) is 60.3 Å². The maximum Gasteiger partial charge on any atom is 0.228 e. The third-order valence-electron chi connectivity index (χ3n) is 6.44. The van der Waals surface area contributed by atoms with E-state index >= 15 is 0 Å². The smallest absolute Gasteiger partial charge is 0.228 e. The minimum atomic E-state index is -0.389. The van der Waals surface area contributed by atoms with Crippen LogP contribution in [0.3, 0.4) is 0 Å². The van der Waals surface area contributed by atoms with Gasteiger partial charge in [-0.25, -0.2) is 19.0 Å². The number of rotatable bonds is 5. The monoisotopic (exact) mass is 466 g/mol. The number of anilines is 1. The molecule has 1 aromatic carbocycles. The first-order valence-corrected chi connectivity index (χ1v) is 12.2. The standard InChI is InChI=1S/C26H35FN6O/c1-7-8-17(2)22-28-23(31-13-15-32(16-14-31)25(34)26(4,5)6)21-18(3)30-33(24(21)29-22)20-11-9-19(27)10-12-20/h9-12,17H,7-8,13-16H2,1-6H3/t17-/m1/s1. The van der Waals surface area contributed by atoms with Crippen molar-refractivity contribution < 1.29 is 9.18 Å². The number of halogens is 1. The number of hydrogen-bond donors (Lipinski definition) is 0. The van der Waals surface area contributed by atoms with Gasteiger partial charge in [0.1, 0.15) is 17.5 Å². The third kappa shape index (κ3) is 4.63. The van der Waals surface area contributed by atoms with Gasteiger partial charge in [0, 0.05) is 37.5 Å². The summed E-state index contributed by atoms with van der Waals surface area (Å²) in [6, 6.07) is 6.31. The lowest BCUT2D eigenvalue weighted by atomic mass is 9.94. The van der Waals surface area contributed by atoms with Crippen molar-refractivity contribution in [1.29, 1.82) is 0 Å². The Bertz CT molecular complexity index is 1170. The van der Waals surface area contributed by atoms with E-state index in [4.69, 9.17) is 15.1 Å². The zero-order valence-electron chi connectivity index (χ0n) is 21.1. The molecule has 0 unspecified atom stereocenters. The summed E-state index contributed by atoms with van der Waals surface area (Å²) >= 11 is 0. The van der Waals surface area contributed by atoms with Crippen LogP contribution >= 0.6 is 0 Å². The fraction of sp³-hybridized carbons (Fsp3) is 0.538. The van der Waals surface area contributed by atoms with E-state index in [1.54, 1.807) is 16.8 Å². The van der Waals surface area contributed by atoms with Gasteiger partial charge in [-0.15, -0.1) is 0 Å². The largest absolute Gasteiger partial charge is 0.352 e. The number of hydrogen-bond acceptors (Lipinski definition) is 5. The van der Waals surface area contributed by atoms with Crippen molar-refractivity contribution in [3.8, 4) is 5.69 Å². The molecule has 7 nitrogen and oxygen atoms in total. The van der Waals surface area contributed by atoms with Crippen LogP contribution in [0, 0.1) is 18.2 Å². The molecule has 0 spiro atoms. The highest BCUT2D eigenvalue weighted by Gasteiger charge is 2.31. The predicted molar refractivity (Wildman–Crippen MR) is 133 cm³/mol. The van der Waals surface area contributed by atoms with Crippen LogP contribution in [0.15, 0.2) is 24.3 Å². The van der Waals surface area contributed by atoms with Crippen LogP contribution in [0.25, 0.3) is 16.7 Å². The van der Waals surface area contributed by atoms with Crippen LogP contribution in [0.5, 0.6) is 0 Å². The highest BCUT2D eigenvalue weighted by atomic mass is 19.1. The number of amides is 1. The zero-order chi connectivity index (χ0) is 24.6. The normalized spacial score (nSPS) is 15.7. The number of fused-ring (bicyclic) bond motifs is 1. The van der Waals surface area contributed by atoms with Gasteiger partial charge in [0.2, 0.25) is 5.91 Å². The van der Waals surface area contributed by atoms with Crippen LogP contribution in [0.2, 0.25) is 0 Å². The Labute approximate surface area is 201 Å². The maximum atomic E-state index is 13.6. The van der Waals surface area contributed by atoms with Crippen molar-refractivity contribution in [2.75, 3.05) is 31.1 Å². The Morgan fingerprint density at radius 2 is 1.74 bits per heavy atom. The van der Waals surface area contributed by atoms with Crippen LogP contribution in [0.1, 0.15) is 64.9 Å². The van der Waals surface area contributed by atoms with Crippen molar-refractivity contribution >= 4 is 22.8 Å². The third-order valence-corrected chi connectivity index (χ3v) is 6.44. The molecule has 4 rings (SSSR count).